The fourth-order valence-corrected chi connectivity index (χ4v) is 3.90. The largest absolute Gasteiger partial charge is 0.372 e. The standard InChI is InChI=1S/C19H26N4O2S/c1-13-11-23(12-14(2)25-13)18-7-5-16(8-20-18)9-21-19(24)22-10-17-6-4-15(3)26-17/h4-8,13-14H,9-12H2,1-3H3,(H2,21,22,24). The topological polar surface area (TPSA) is 66.5 Å². The summed E-state index contributed by atoms with van der Waals surface area (Å²) in [6.07, 6.45) is 2.23. The molecule has 2 unspecified atom stereocenters. The van der Waals surface area contributed by atoms with Gasteiger partial charge in [-0.25, -0.2) is 9.78 Å². The van der Waals surface area contributed by atoms with Gasteiger partial charge in [0.25, 0.3) is 0 Å². The molecule has 1 aliphatic rings. The predicted octanol–water partition coefficient (Wildman–Crippen LogP) is 3.06. The van der Waals surface area contributed by atoms with Crippen molar-refractivity contribution < 1.29 is 9.53 Å². The highest BCUT2D eigenvalue weighted by molar-refractivity contribution is 7.11. The Hall–Kier alpha value is -2.12. The first kappa shape index (κ1) is 18.7. The zero-order valence-electron chi connectivity index (χ0n) is 15.5. The maximum atomic E-state index is 11.9. The van der Waals surface area contributed by atoms with Crippen molar-refractivity contribution in [3.8, 4) is 0 Å². The molecular formula is C19H26N4O2S. The number of hydrogen-bond acceptors (Lipinski definition) is 5. The summed E-state index contributed by atoms with van der Waals surface area (Å²) in [6.45, 7) is 8.92. The first-order valence-electron chi connectivity index (χ1n) is 8.92. The molecule has 0 bridgehead atoms. The van der Waals surface area contributed by atoms with Gasteiger partial charge in [-0.3, -0.25) is 0 Å². The van der Waals surface area contributed by atoms with Crippen LogP contribution in [0.15, 0.2) is 30.5 Å². The van der Waals surface area contributed by atoms with Crippen LogP contribution in [0.4, 0.5) is 10.6 Å². The minimum atomic E-state index is -0.170. The van der Waals surface area contributed by atoms with Crippen molar-refractivity contribution in [2.24, 2.45) is 0 Å². The number of rotatable bonds is 5. The molecule has 1 fully saturated rings. The van der Waals surface area contributed by atoms with Crippen molar-refractivity contribution in [3.05, 3.63) is 45.8 Å². The van der Waals surface area contributed by atoms with E-state index in [1.165, 1.54) is 4.88 Å². The van der Waals surface area contributed by atoms with Crippen LogP contribution >= 0.6 is 11.3 Å². The lowest BCUT2D eigenvalue weighted by molar-refractivity contribution is -0.00546. The maximum absolute atomic E-state index is 11.9. The smallest absolute Gasteiger partial charge is 0.315 e. The summed E-state index contributed by atoms with van der Waals surface area (Å²) in [4.78, 5) is 21.1. The monoisotopic (exact) mass is 374 g/mol. The number of thiophene rings is 1. The number of morpholine rings is 1. The number of nitrogens with zero attached hydrogens (tertiary/aromatic N) is 2. The van der Waals surface area contributed by atoms with Gasteiger partial charge in [0.05, 0.1) is 18.8 Å². The van der Waals surface area contributed by atoms with Gasteiger partial charge in [0.2, 0.25) is 0 Å². The van der Waals surface area contributed by atoms with Gasteiger partial charge in [-0.2, -0.15) is 0 Å². The zero-order chi connectivity index (χ0) is 18.5. The van der Waals surface area contributed by atoms with E-state index in [-0.39, 0.29) is 18.2 Å². The SMILES string of the molecule is Cc1ccc(CNC(=O)NCc2ccc(N3CC(C)OC(C)C3)nc2)s1. The van der Waals surface area contributed by atoms with Crippen LogP contribution in [0.1, 0.15) is 29.2 Å². The molecule has 0 spiro atoms. The molecule has 3 rings (SSSR count). The van der Waals surface area contributed by atoms with Crippen LogP contribution in [-0.4, -0.2) is 36.3 Å². The van der Waals surface area contributed by atoms with E-state index < -0.39 is 0 Å². The van der Waals surface area contributed by atoms with Gasteiger partial charge in [-0.15, -0.1) is 11.3 Å². The number of anilines is 1. The highest BCUT2D eigenvalue weighted by atomic mass is 32.1. The van der Waals surface area contributed by atoms with E-state index in [0.717, 1.165) is 29.3 Å². The summed E-state index contributed by atoms with van der Waals surface area (Å²) >= 11 is 1.69. The number of pyridine rings is 1. The molecule has 140 valence electrons. The van der Waals surface area contributed by atoms with E-state index in [4.69, 9.17) is 4.74 Å². The Kier molecular flexibility index (Phi) is 6.11. The summed E-state index contributed by atoms with van der Waals surface area (Å²) in [6, 6.07) is 7.94. The Labute approximate surface area is 158 Å². The third kappa shape index (κ3) is 5.19. The molecule has 0 aromatic carbocycles. The highest BCUT2D eigenvalue weighted by Gasteiger charge is 2.22. The molecule has 3 heterocycles. The lowest BCUT2D eigenvalue weighted by atomic mass is 10.2. The zero-order valence-corrected chi connectivity index (χ0v) is 16.3. The Morgan fingerprint density at radius 3 is 2.54 bits per heavy atom. The number of carbonyl (C=O) groups excluding carboxylic acids is 1. The molecule has 0 radical (unpaired) electrons. The van der Waals surface area contributed by atoms with Crippen molar-refractivity contribution in [2.75, 3.05) is 18.0 Å². The highest BCUT2D eigenvalue weighted by Crippen LogP contribution is 2.18. The summed E-state index contributed by atoms with van der Waals surface area (Å²) in [7, 11) is 0. The summed E-state index contributed by atoms with van der Waals surface area (Å²) < 4.78 is 5.76. The number of aryl methyl sites for hydroxylation is 1. The minimum absolute atomic E-state index is 0.170. The molecule has 26 heavy (non-hydrogen) atoms. The van der Waals surface area contributed by atoms with Crippen LogP contribution in [0.2, 0.25) is 0 Å². The van der Waals surface area contributed by atoms with Crippen molar-refractivity contribution in [3.63, 3.8) is 0 Å². The molecule has 1 saturated heterocycles. The van der Waals surface area contributed by atoms with Gasteiger partial charge in [0.15, 0.2) is 0 Å². The van der Waals surface area contributed by atoms with Crippen LogP contribution < -0.4 is 15.5 Å². The van der Waals surface area contributed by atoms with Gasteiger partial charge in [-0.1, -0.05) is 6.07 Å². The Morgan fingerprint density at radius 2 is 1.92 bits per heavy atom. The lowest BCUT2D eigenvalue weighted by Crippen LogP contribution is -2.45. The number of aromatic nitrogens is 1. The van der Waals surface area contributed by atoms with E-state index >= 15 is 0 Å². The van der Waals surface area contributed by atoms with Gasteiger partial charge in [0, 0.05) is 35.6 Å². The van der Waals surface area contributed by atoms with E-state index in [1.54, 1.807) is 11.3 Å². The third-order valence-corrected chi connectivity index (χ3v) is 5.23. The summed E-state index contributed by atoms with van der Waals surface area (Å²) in [5.41, 5.74) is 0.977. The van der Waals surface area contributed by atoms with Crippen molar-refractivity contribution in [1.82, 2.24) is 15.6 Å². The summed E-state index contributed by atoms with van der Waals surface area (Å²) in [5.74, 6) is 0.952. The van der Waals surface area contributed by atoms with E-state index in [0.29, 0.717) is 13.1 Å². The van der Waals surface area contributed by atoms with Crippen molar-refractivity contribution >= 4 is 23.2 Å². The van der Waals surface area contributed by atoms with Crippen LogP contribution in [-0.2, 0) is 17.8 Å². The van der Waals surface area contributed by atoms with E-state index in [2.05, 4.69) is 47.4 Å². The number of amides is 2. The van der Waals surface area contributed by atoms with E-state index in [1.807, 2.05) is 24.4 Å². The molecule has 1 aliphatic heterocycles. The Balaban J connectivity index is 1.46. The first-order valence-corrected chi connectivity index (χ1v) is 9.73. The number of hydrogen-bond donors (Lipinski definition) is 2. The van der Waals surface area contributed by atoms with Crippen LogP contribution in [0.5, 0.6) is 0 Å². The average molecular weight is 375 g/mol. The average Bonchev–Trinajstić information content (AvgIpc) is 3.03. The van der Waals surface area contributed by atoms with Gasteiger partial charge < -0.3 is 20.3 Å². The normalized spacial score (nSPS) is 20.0. The molecule has 6 nitrogen and oxygen atoms in total. The Morgan fingerprint density at radius 1 is 1.19 bits per heavy atom. The molecule has 2 aromatic rings. The van der Waals surface area contributed by atoms with Crippen LogP contribution in [0.3, 0.4) is 0 Å². The molecule has 2 amide bonds. The molecule has 0 saturated carbocycles. The second kappa shape index (κ2) is 8.51. The molecule has 7 heteroatoms. The Bertz CT molecular complexity index is 721. The van der Waals surface area contributed by atoms with Gasteiger partial charge >= 0.3 is 6.03 Å². The fourth-order valence-electron chi connectivity index (χ4n) is 3.07. The van der Waals surface area contributed by atoms with Crippen LogP contribution in [0, 0.1) is 6.92 Å². The molecule has 0 aliphatic carbocycles. The lowest BCUT2D eigenvalue weighted by Gasteiger charge is -2.36. The first-order chi connectivity index (χ1) is 12.5. The van der Waals surface area contributed by atoms with Crippen molar-refractivity contribution in [2.45, 2.75) is 46.1 Å². The second-order valence-electron chi connectivity index (χ2n) is 6.74. The van der Waals surface area contributed by atoms with Crippen molar-refractivity contribution in [1.29, 1.82) is 0 Å². The van der Waals surface area contributed by atoms with Gasteiger partial charge in [0.1, 0.15) is 5.82 Å². The quantitative estimate of drug-likeness (QED) is 0.844. The number of carbonyl (C=O) groups is 1. The number of nitrogens with one attached hydrogen (secondary N) is 2. The molecule has 2 atom stereocenters. The minimum Gasteiger partial charge on any atom is -0.372 e. The summed E-state index contributed by atoms with van der Waals surface area (Å²) in [5, 5.41) is 5.74. The molecule has 2 aromatic heterocycles. The molecular weight excluding hydrogens is 348 g/mol. The van der Waals surface area contributed by atoms with Gasteiger partial charge in [-0.05, 0) is 44.5 Å². The maximum Gasteiger partial charge on any atom is 0.315 e. The number of urea groups is 1. The number of ether oxygens (including phenoxy) is 1. The second-order valence-corrected chi connectivity index (χ2v) is 8.11. The fraction of sp³-hybridized carbons (Fsp3) is 0.474. The van der Waals surface area contributed by atoms with E-state index in [9.17, 15) is 4.79 Å². The molecule has 2 N–H and O–H groups in total. The van der Waals surface area contributed by atoms with Crippen LogP contribution in [0.25, 0.3) is 0 Å². The third-order valence-electron chi connectivity index (χ3n) is 4.22. The predicted molar refractivity (Wildman–Crippen MR) is 105 cm³/mol.